The third-order valence-corrected chi connectivity index (χ3v) is 3.09. The Labute approximate surface area is 119 Å². The van der Waals surface area contributed by atoms with E-state index in [1.807, 2.05) is 19.0 Å². The van der Waals surface area contributed by atoms with Crippen LogP contribution in [0.4, 0.5) is 5.69 Å². The van der Waals surface area contributed by atoms with Gasteiger partial charge in [0.25, 0.3) is 5.69 Å². The molecule has 0 saturated heterocycles. The van der Waals surface area contributed by atoms with Gasteiger partial charge in [-0.3, -0.25) is 14.9 Å². The van der Waals surface area contributed by atoms with Gasteiger partial charge in [0.15, 0.2) is 0 Å². The number of rotatable bonds is 6. The summed E-state index contributed by atoms with van der Waals surface area (Å²) in [4.78, 5) is 26.2. The monoisotopic (exact) mass is 279 g/mol. The Morgan fingerprint density at radius 3 is 2.45 bits per heavy atom. The van der Waals surface area contributed by atoms with Crippen LogP contribution in [0.2, 0.25) is 0 Å². The minimum absolute atomic E-state index is 0.0175. The predicted octanol–water partition coefficient (Wildman–Crippen LogP) is 1.72. The minimum atomic E-state index is -0.438. The zero-order valence-electron chi connectivity index (χ0n) is 12.4. The van der Waals surface area contributed by atoms with Crippen LogP contribution in [0.1, 0.15) is 17.9 Å². The van der Waals surface area contributed by atoms with Crippen molar-refractivity contribution in [3.63, 3.8) is 0 Å². The molecule has 1 unspecified atom stereocenters. The average molecular weight is 279 g/mol. The van der Waals surface area contributed by atoms with Crippen LogP contribution in [0.25, 0.3) is 0 Å². The lowest BCUT2D eigenvalue weighted by atomic mass is 9.93. The highest BCUT2D eigenvalue weighted by Gasteiger charge is 2.23. The maximum atomic E-state index is 12.3. The van der Waals surface area contributed by atoms with Gasteiger partial charge in [-0.2, -0.15) is 0 Å². The second-order valence-electron chi connectivity index (χ2n) is 5.23. The van der Waals surface area contributed by atoms with Gasteiger partial charge in [-0.15, -0.1) is 0 Å². The van der Waals surface area contributed by atoms with Gasteiger partial charge in [0.2, 0.25) is 5.91 Å². The Hall–Kier alpha value is -1.95. The molecule has 0 spiro atoms. The Morgan fingerprint density at radius 2 is 1.95 bits per heavy atom. The van der Waals surface area contributed by atoms with E-state index < -0.39 is 4.92 Å². The van der Waals surface area contributed by atoms with E-state index >= 15 is 0 Å². The lowest BCUT2D eigenvalue weighted by molar-refractivity contribution is -0.384. The molecular weight excluding hydrogens is 258 g/mol. The number of non-ortho nitro benzene ring substituents is 1. The molecule has 0 fully saturated rings. The summed E-state index contributed by atoms with van der Waals surface area (Å²) in [6.07, 6.45) is 0.630. The first-order valence-corrected chi connectivity index (χ1v) is 6.43. The Bertz CT molecular complexity index is 486. The van der Waals surface area contributed by atoms with Crippen LogP contribution in [0, 0.1) is 10.1 Å². The average Bonchev–Trinajstić information content (AvgIpc) is 2.38. The van der Waals surface area contributed by atoms with Crippen molar-refractivity contribution in [1.82, 2.24) is 9.80 Å². The van der Waals surface area contributed by atoms with Gasteiger partial charge >= 0.3 is 0 Å². The van der Waals surface area contributed by atoms with E-state index in [1.54, 1.807) is 26.2 Å². The third kappa shape index (κ3) is 4.31. The molecule has 0 heterocycles. The first-order valence-electron chi connectivity index (χ1n) is 6.43. The molecule has 0 aliphatic carbocycles. The van der Waals surface area contributed by atoms with Gasteiger partial charge in [0, 0.05) is 26.2 Å². The SMILES string of the molecule is CN(C)CCC(C(=O)N(C)C)c1cccc([N+](=O)[O-])c1. The summed E-state index contributed by atoms with van der Waals surface area (Å²) in [5.74, 6) is -0.389. The molecule has 1 rings (SSSR count). The molecule has 20 heavy (non-hydrogen) atoms. The second kappa shape index (κ2) is 7.00. The summed E-state index contributed by atoms with van der Waals surface area (Å²) in [7, 11) is 7.26. The number of hydrogen-bond donors (Lipinski definition) is 0. The second-order valence-corrected chi connectivity index (χ2v) is 5.23. The summed E-state index contributed by atoms with van der Waals surface area (Å²) in [6, 6.07) is 6.32. The van der Waals surface area contributed by atoms with Crippen LogP contribution in [0.15, 0.2) is 24.3 Å². The largest absolute Gasteiger partial charge is 0.348 e. The van der Waals surface area contributed by atoms with E-state index in [2.05, 4.69) is 0 Å². The number of nitro groups is 1. The highest BCUT2D eigenvalue weighted by molar-refractivity contribution is 5.83. The topological polar surface area (TPSA) is 66.7 Å². The van der Waals surface area contributed by atoms with Crippen LogP contribution in [0.3, 0.4) is 0 Å². The van der Waals surface area contributed by atoms with Crippen molar-refractivity contribution in [2.24, 2.45) is 0 Å². The van der Waals surface area contributed by atoms with Crippen molar-refractivity contribution >= 4 is 11.6 Å². The molecule has 0 aromatic heterocycles. The molecule has 0 N–H and O–H groups in total. The van der Waals surface area contributed by atoms with E-state index in [1.165, 1.54) is 17.0 Å². The van der Waals surface area contributed by atoms with Crippen molar-refractivity contribution in [2.45, 2.75) is 12.3 Å². The number of hydrogen-bond acceptors (Lipinski definition) is 4. The molecule has 6 heteroatoms. The van der Waals surface area contributed by atoms with Crippen LogP contribution < -0.4 is 0 Å². The van der Waals surface area contributed by atoms with E-state index in [9.17, 15) is 14.9 Å². The van der Waals surface area contributed by atoms with Crippen LogP contribution in [0.5, 0.6) is 0 Å². The van der Waals surface area contributed by atoms with Crippen molar-refractivity contribution in [2.75, 3.05) is 34.7 Å². The number of carbonyl (C=O) groups excluding carboxylic acids is 1. The molecule has 0 aliphatic heterocycles. The number of nitrogens with zero attached hydrogens (tertiary/aromatic N) is 3. The number of likely N-dealkylation sites (N-methyl/N-ethyl adjacent to an activating group) is 1. The van der Waals surface area contributed by atoms with Crippen molar-refractivity contribution in [1.29, 1.82) is 0 Å². The molecule has 1 aromatic rings. The summed E-state index contributed by atoms with van der Waals surface area (Å²) in [5.41, 5.74) is 0.712. The normalized spacial score (nSPS) is 12.2. The summed E-state index contributed by atoms with van der Waals surface area (Å²) in [5, 5.41) is 10.8. The van der Waals surface area contributed by atoms with E-state index in [0.717, 1.165) is 6.54 Å². The number of benzene rings is 1. The third-order valence-electron chi connectivity index (χ3n) is 3.09. The fourth-order valence-corrected chi connectivity index (χ4v) is 1.99. The van der Waals surface area contributed by atoms with Crippen LogP contribution in [-0.4, -0.2) is 55.4 Å². The maximum absolute atomic E-state index is 12.3. The predicted molar refractivity (Wildman–Crippen MR) is 77.7 cm³/mol. The smallest absolute Gasteiger partial charge is 0.269 e. The van der Waals surface area contributed by atoms with Crippen molar-refractivity contribution in [3.05, 3.63) is 39.9 Å². The molecule has 0 aliphatic rings. The standard InChI is InChI=1S/C14H21N3O3/c1-15(2)9-8-13(14(18)16(3)4)11-6-5-7-12(10-11)17(19)20/h5-7,10,13H,8-9H2,1-4H3. The molecule has 1 aromatic carbocycles. The van der Waals surface area contributed by atoms with E-state index in [0.29, 0.717) is 12.0 Å². The zero-order valence-corrected chi connectivity index (χ0v) is 12.4. The Morgan fingerprint density at radius 1 is 1.30 bits per heavy atom. The highest BCUT2D eigenvalue weighted by atomic mass is 16.6. The molecule has 1 atom stereocenters. The number of carbonyl (C=O) groups is 1. The summed E-state index contributed by atoms with van der Waals surface area (Å²) >= 11 is 0. The molecule has 0 saturated carbocycles. The van der Waals surface area contributed by atoms with Gasteiger partial charge in [0.05, 0.1) is 10.8 Å². The molecule has 6 nitrogen and oxygen atoms in total. The van der Waals surface area contributed by atoms with E-state index in [-0.39, 0.29) is 17.5 Å². The van der Waals surface area contributed by atoms with Gasteiger partial charge in [-0.1, -0.05) is 12.1 Å². The number of amides is 1. The first kappa shape index (κ1) is 16.1. The van der Waals surface area contributed by atoms with E-state index in [4.69, 9.17) is 0 Å². The van der Waals surface area contributed by atoms with Crippen LogP contribution in [-0.2, 0) is 4.79 Å². The fraction of sp³-hybridized carbons (Fsp3) is 0.500. The Kier molecular flexibility index (Phi) is 5.64. The number of nitro benzene ring substituents is 1. The Balaban J connectivity index is 3.06. The lowest BCUT2D eigenvalue weighted by Crippen LogP contribution is -2.30. The van der Waals surface area contributed by atoms with Gasteiger partial charge in [-0.05, 0) is 32.6 Å². The summed E-state index contributed by atoms with van der Waals surface area (Å²) in [6.45, 7) is 0.743. The molecule has 110 valence electrons. The first-order chi connectivity index (χ1) is 9.32. The quantitative estimate of drug-likeness (QED) is 0.587. The zero-order chi connectivity index (χ0) is 15.3. The molecule has 0 radical (unpaired) electrons. The molecular formula is C14H21N3O3. The fourth-order valence-electron chi connectivity index (χ4n) is 1.99. The lowest BCUT2D eigenvalue weighted by Gasteiger charge is -2.22. The van der Waals surface area contributed by atoms with Gasteiger partial charge in [0.1, 0.15) is 0 Å². The highest BCUT2D eigenvalue weighted by Crippen LogP contribution is 2.25. The molecule has 1 amide bonds. The van der Waals surface area contributed by atoms with Crippen LogP contribution >= 0.6 is 0 Å². The minimum Gasteiger partial charge on any atom is -0.348 e. The summed E-state index contributed by atoms with van der Waals surface area (Å²) < 4.78 is 0. The maximum Gasteiger partial charge on any atom is 0.269 e. The van der Waals surface area contributed by atoms with Gasteiger partial charge in [-0.25, -0.2) is 0 Å². The van der Waals surface area contributed by atoms with Crippen molar-refractivity contribution < 1.29 is 9.72 Å². The van der Waals surface area contributed by atoms with Crippen molar-refractivity contribution in [3.8, 4) is 0 Å². The molecule has 0 bridgehead atoms. The van der Waals surface area contributed by atoms with Gasteiger partial charge < -0.3 is 9.80 Å².